The molecular formula is C21H14ClF3N4O2. The van der Waals surface area contributed by atoms with Crippen molar-refractivity contribution in [3.63, 3.8) is 0 Å². The molecule has 0 unspecified atom stereocenters. The van der Waals surface area contributed by atoms with Crippen LogP contribution in [0.1, 0.15) is 5.56 Å². The van der Waals surface area contributed by atoms with E-state index in [9.17, 15) is 18.0 Å². The van der Waals surface area contributed by atoms with Crippen molar-refractivity contribution in [2.24, 2.45) is 0 Å². The molecule has 2 N–H and O–H groups in total. The molecule has 0 saturated heterocycles. The molecule has 2 aromatic carbocycles. The second kappa shape index (κ2) is 8.19. The van der Waals surface area contributed by atoms with Crippen LogP contribution in [0, 0.1) is 0 Å². The molecule has 158 valence electrons. The third-order valence-electron chi connectivity index (χ3n) is 4.25. The van der Waals surface area contributed by atoms with Gasteiger partial charge in [-0.1, -0.05) is 11.6 Å². The summed E-state index contributed by atoms with van der Waals surface area (Å²) in [5, 5.41) is 4.45. The summed E-state index contributed by atoms with van der Waals surface area (Å²) < 4.78 is 46.4. The number of carbonyl (C=O) groups excluding carboxylic acids is 1. The zero-order valence-electron chi connectivity index (χ0n) is 15.7. The monoisotopic (exact) mass is 446 g/mol. The van der Waals surface area contributed by atoms with E-state index in [1.54, 1.807) is 42.6 Å². The van der Waals surface area contributed by atoms with Gasteiger partial charge in [0.25, 0.3) is 0 Å². The van der Waals surface area contributed by atoms with E-state index in [-0.39, 0.29) is 5.69 Å². The number of benzene rings is 2. The first-order valence-electron chi connectivity index (χ1n) is 8.93. The number of nitrogens with zero attached hydrogens (tertiary/aromatic N) is 2. The van der Waals surface area contributed by atoms with Gasteiger partial charge >= 0.3 is 12.2 Å². The number of ether oxygens (including phenoxy) is 1. The van der Waals surface area contributed by atoms with Crippen molar-refractivity contribution in [3.05, 3.63) is 83.8 Å². The van der Waals surface area contributed by atoms with Gasteiger partial charge in [-0.25, -0.2) is 9.78 Å². The van der Waals surface area contributed by atoms with Crippen LogP contribution in [-0.2, 0) is 6.18 Å². The standard InChI is InChI=1S/C21H14ClF3N4O2/c22-18-6-3-14(11-17(18)21(23,24)25)28-20(30)27-13-1-4-15(5-2-13)31-16-7-9-29-10-8-26-19(29)12-16/h1-12H,(H2,27,28,30). The quantitative estimate of drug-likeness (QED) is 0.379. The van der Waals surface area contributed by atoms with Crippen molar-refractivity contribution in [2.75, 3.05) is 10.6 Å². The lowest BCUT2D eigenvalue weighted by molar-refractivity contribution is -0.137. The molecule has 0 bridgehead atoms. The largest absolute Gasteiger partial charge is 0.457 e. The average Bonchev–Trinajstić information content (AvgIpc) is 3.18. The number of imidazole rings is 1. The maximum absolute atomic E-state index is 12.9. The number of rotatable bonds is 4. The van der Waals surface area contributed by atoms with E-state index >= 15 is 0 Å². The third-order valence-corrected chi connectivity index (χ3v) is 4.58. The number of nitrogens with one attached hydrogen (secondary N) is 2. The van der Waals surface area contributed by atoms with Crippen LogP contribution in [0.3, 0.4) is 0 Å². The van der Waals surface area contributed by atoms with Crippen LogP contribution in [-0.4, -0.2) is 15.4 Å². The van der Waals surface area contributed by atoms with Crippen molar-refractivity contribution in [3.8, 4) is 11.5 Å². The molecule has 2 heterocycles. The molecule has 6 nitrogen and oxygen atoms in total. The van der Waals surface area contributed by atoms with Gasteiger partial charge in [-0.15, -0.1) is 0 Å². The zero-order chi connectivity index (χ0) is 22.0. The van der Waals surface area contributed by atoms with Gasteiger partial charge in [0, 0.05) is 36.0 Å². The SMILES string of the molecule is O=C(Nc1ccc(Oc2ccn3ccnc3c2)cc1)Nc1ccc(Cl)c(C(F)(F)F)c1. The number of aromatic nitrogens is 2. The van der Waals surface area contributed by atoms with E-state index in [1.165, 1.54) is 6.07 Å². The summed E-state index contributed by atoms with van der Waals surface area (Å²) in [6.07, 6.45) is 0.694. The van der Waals surface area contributed by atoms with Gasteiger partial charge < -0.3 is 19.8 Å². The molecule has 10 heteroatoms. The number of hydrogen-bond acceptors (Lipinski definition) is 3. The fourth-order valence-electron chi connectivity index (χ4n) is 2.81. The number of halogens is 4. The molecular weight excluding hydrogens is 433 g/mol. The Morgan fingerprint density at radius 1 is 0.935 bits per heavy atom. The number of alkyl halides is 3. The highest BCUT2D eigenvalue weighted by molar-refractivity contribution is 6.31. The predicted molar refractivity (Wildman–Crippen MR) is 111 cm³/mol. The molecule has 2 amide bonds. The summed E-state index contributed by atoms with van der Waals surface area (Å²) in [4.78, 5) is 16.3. The number of anilines is 2. The fourth-order valence-corrected chi connectivity index (χ4v) is 3.04. The first kappa shape index (κ1) is 20.5. The number of amides is 2. The molecule has 0 fully saturated rings. The van der Waals surface area contributed by atoms with Crippen LogP contribution in [0.15, 0.2) is 73.2 Å². The molecule has 4 aromatic rings. The Labute approximate surface area is 179 Å². The van der Waals surface area contributed by atoms with Gasteiger partial charge in [0.15, 0.2) is 0 Å². The minimum absolute atomic E-state index is 0.0384. The molecule has 0 atom stereocenters. The Bertz CT molecular complexity index is 1240. The highest BCUT2D eigenvalue weighted by Gasteiger charge is 2.33. The van der Waals surface area contributed by atoms with Crippen molar-refractivity contribution < 1.29 is 22.7 Å². The van der Waals surface area contributed by atoms with E-state index in [2.05, 4.69) is 15.6 Å². The Morgan fingerprint density at radius 3 is 2.39 bits per heavy atom. The van der Waals surface area contributed by atoms with Crippen molar-refractivity contribution in [1.82, 2.24) is 9.38 Å². The minimum atomic E-state index is -4.62. The summed E-state index contributed by atoms with van der Waals surface area (Å²) in [7, 11) is 0. The smallest absolute Gasteiger partial charge is 0.417 e. The van der Waals surface area contributed by atoms with Gasteiger partial charge in [-0.3, -0.25) is 0 Å². The Kier molecular flexibility index (Phi) is 5.43. The molecule has 0 radical (unpaired) electrons. The number of carbonyl (C=O) groups is 1. The lowest BCUT2D eigenvalue weighted by Gasteiger charge is -2.12. The predicted octanol–water partition coefficient (Wildman–Crippen LogP) is 6.44. The van der Waals surface area contributed by atoms with Crippen molar-refractivity contribution in [2.45, 2.75) is 6.18 Å². The highest BCUT2D eigenvalue weighted by atomic mass is 35.5. The maximum atomic E-state index is 12.9. The Balaban J connectivity index is 1.39. The van der Waals surface area contributed by atoms with Crippen LogP contribution in [0.4, 0.5) is 29.3 Å². The molecule has 0 aliphatic rings. The van der Waals surface area contributed by atoms with Gasteiger partial charge in [-0.2, -0.15) is 13.2 Å². The summed E-state index contributed by atoms with van der Waals surface area (Å²) >= 11 is 5.58. The molecule has 4 rings (SSSR count). The number of hydrogen-bond donors (Lipinski definition) is 2. The van der Waals surface area contributed by atoms with E-state index in [0.29, 0.717) is 17.2 Å². The summed E-state index contributed by atoms with van der Waals surface area (Å²) in [5.41, 5.74) is 0.104. The normalized spacial score (nSPS) is 11.4. The lowest BCUT2D eigenvalue weighted by atomic mass is 10.2. The van der Waals surface area contributed by atoms with Crippen LogP contribution >= 0.6 is 11.6 Å². The molecule has 0 aliphatic carbocycles. The van der Waals surface area contributed by atoms with Crippen LogP contribution < -0.4 is 15.4 Å². The number of urea groups is 1. The fraction of sp³-hybridized carbons (Fsp3) is 0.0476. The van der Waals surface area contributed by atoms with Gasteiger partial charge in [0.1, 0.15) is 17.1 Å². The molecule has 0 saturated carbocycles. The third kappa shape index (κ3) is 4.89. The second-order valence-corrected chi connectivity index (χ2v) is 6.86. The van der Waals surface area contributed by atoms with Gasteiger partial charge in [0.05, 0.1) is 10.6 Å². The van der Waals surface area contributed by atoms with Gasteiger partial charge in [-0.05, 0) is 48.5 Å². The molecule has 0 aliphatic heterocycles. The minimum Gasteiger partial charge on any atom is -0.457 e. The van der Waals surface area contributed by atoms with E-state index in [0.717, 1.165) is 17.8 Å². The van der Waals surface area contributed by atoms with Crippen LogP contribution in [0.2, 0.25) is 5.02 Å². The maximum Gasteiger partial charge on any atom is 0.417 e. The topological polar surface area (TPSA) is 67.7 Å². The number of fused-ring (bicyclic) bond motifs is 1. The first-order chi connectivity index (χ1) is 14.8. The van der Waals surface area contributed by atoms with E-state index in [4.69, 9.17) is 16.3 Å². The zero-order valence-corrected chi connectivity index (χ0v) is 16.4. The molecule has 0 spiro atoms. The van der Waals surface area contributed by atoms with Crippen LogP contribution in [0.5, 0.6) is 11.5 Å². The van der Waals surface area contributed by atoms with E-state index < -0.39 is 22.8 Å². The van der Waals surface area contributed by atoms with Gasteiger partial charge in [0.2, 0.25) is 0 Å². The summed E-state index contributed by atoms with van der Waals surface area (Å²) in [6, 6.07) is 12.5. The summed E-state index contributed by atoms with van der Waals surface area (Å²) in [6.45, 7) is 0. The molecule has 31 heavy (non-hydrogen) atoms. The lowest BCUT2D eigenvalue weighted by Crippen LogP contribution is -2.19. The van der Waals surface area contributed by atoms with Crippen molar-refractivity contribution in [1.29, 1.82) is 0 Å². The second-order valence-electron chi connectivity index (χ2n) is 6.45. The molecule has 2 aromatic heterocycles. The van der Waals surface area contributed by atoms with Crippen molar-refractivity contribution >= 4 is 34.7 Å². The number of pyridine rings is 1. The average molecular weight is 447 g/mol. The first-order valence-corrected chi connectivity index (χ1v) is 9.31. The Morgan fingerprint density at radius 2 is 1.65 bits per heavy atom. The highest BCUT2D eigenvalue weighted by Crippen LogP contribution is 2.36. The van der Waals surface area contributed by atoms with Crippen LogP contribution in [0.25, 0.3) is 5.65 Å². The van der Waals surface area contributed by atoms with E-state index in [1.807, 2.05) is 16.8 Å². The Hall–Kier alpha value is -3.72. The summed E-state index contributed by atoms with van der Waals surface area (Å²) in [5.74, 6) is 1.13.